The first-order valence-corrected chi connectivity index (χ1v) is 14.7. The van der Waals surface area contributed by atoms with Gasteiger partial charge >= 0.3 is 6.03 Å². The summed E-state index contributed by atoms with van der Waals surface area (Å²) < 4.78 is 25.4. The van der Waals surface area contributed by atoms with Crippen LogP contribution in [0.3, 0.4) is 0 Å². The summed E-state index contributed by atoms with van der Waals surface area (Å²) in [5.74, 6) is 2.57. The third-order valence-electron chi connectivity index (χ3n) is 7.74. The maximum Gasteiger partial charge on any atom is 0.327 e. The quantitative estimate of drug-likeness (QED) is 0.162. The SMILES string of the molecule is COc1ccc(CNc2ncnc3c2CCCN3C(=O)Nc2c(C)ccc3c(Nc4ccc(Cl)cc4F)nccc23)c(OC)c1. The van der Waals surface area contributed by atoms with Gasteiger partial charge in [-0.05, 0) is 61.7 Å². The smallest absolute Gasteiger partial charge is 0.327 e. The molecule has 1 aliphatic rings. The number of pyridine rings is 1. The van der Waals surface area contributed by atoms with Crippen LogP contribution in [0.15, 0.2) is 67.1 Å². The minimum Gasteiger partial charge on any atom is -0.497 e. The fourth-order valence-electron chi connectivity index (χ4n) is 5.43. The van der Waals surface area contributed by atoms with Gasteiger partial charge in [-0.3, -0.25) is 4.90 Å². The molecule has 3 heterocycles. The molecule has 0 spiro atoms. The molecule has 230 valence electrons. The highest BCUT2D eigenvalue weighted by Gasteiger charge is 2.27. The number of halogens is 2. The molecule has 2 aromatic heterocycles. The molecule has 2 amide bonds. The van der Waals surface area contributed by atoms with Gasteiger partial charge in [-0.1, -0.05) is 23.7 Å². The van der Waals surface area contributed by atoms with Gasteiger partial charge in [0.2, 0.25) is 0 Å². The maximum atomic E-state index is 14.5. The average Bonchev–Trinajstić information content (AvgIpc) is 3.05. The first kappa shape index (κ1) is 29.9. The summed E-state index contributed by atoms with van der Waals surface area (Å²) in [5, 5.41) is 11.3. The lowest BCUT2D eigenvalue weighted by atomic mass is 10.0. The molecule has 0 fully saturated rings. The van der Waals surface area contributed by atoms with E-state index in [-0.39, 0.29) is 11.7 Å². The van der Waals surface area contributed by atoms with Crippen molar-refractivity contribution in [2.24, 2.45) is 0 Å². The van der Waals surface area contributed by atoms with Gasteiger partial charge in [-0.15, -0.1) is 0 Å². The summed E-state index contributed by atoms with van der Waals surface area (Å²) in [7, 11) is 3.23. The molecule has 0 saturated carbocycles. The van der Waals surface area contributed by atoms with Gasteiger partial charge < -0.3 is 25.4 Å². The Bertz CT molecular complexity index is 1910. The van der Waals surface area contributed by atoms with E-state index in [0.717, 1.165) is 40.3 Å². The van der Waals surface area contributed by atoms with Crippen LogP contribution in [0, 0.1) is 12.7 Å². The van der Waals surface area contributed by atoms with E-state index in [1.165, 1.54) is 12.4 Å². The van der Waals surface area contributed by atoms with Crippen molar-refractivity contribution in [3.63, 3.8) is 0 Å². The number of anilines is 5. The molecule has 0 unspecified atom stereocenters. The van der Waals surface area contributed by atoms with E-state index in [1.54, 1.807) is 37.4 Å². The van der Waals surface area contributed by atoms with E-state index in [1.807, 2.05) is 43.3 Å². The van der Waals surface area contributed by atoms with Gasteiger partial charge in [0, 0.05) is 52.3 Å². The lowest BCUT2D eigenvalue weighted by Crippen LogP contribution is -2.40. The molecular weight excluding hydrogens is 597 g/mol. The number of amides is 2. The van der Waals surface area contributed by atoms with Gasteiger partial charge in [0.05, 0.1) is 25.6 Å². The summed E-state index contributed by atoms with van der Waals surface area (Å²) >= 11 is 5.92. The Kier molecular flexibility index (Phi) is 8.52. The van der Waals surface area contributed by atoms with Crippen LogP contribution in [0.5, 0.6) is 11.5 Å². The van der Waals surface area contributed by atoms with Crippen LogP contribution < -0.4 is 30.3 Å². The molecule has 5 aromatic rings. The van der Waals surface area contributed by atoms with Gasteiger partial charge in [-0.25, -0.2) is 24.1 Å². The molecule has 45 heavy (non-hydrogen) atoms. The van der Waals surface area contributed by atoms with Crippen LogP contribution in [0.4, 0.5) is 38.0 Å². The number of fused-ring (bicyclic) bond motifs is 2. The topological polar surface area (TPSA) is 114 Å². The van der Waals surface area contributed by atoms with Gasteiger partial charge in [0.15, 0.2) is 0 Å². The second-order valence-electron chi connectivity index (χ2n) is 10.5. The molecule has 0 aliphatic carbocycles. The van der Waals surface area contributed by atoms with Crippen LogP contribution in [-0.2, 0) is 13.0 Å². The average molecular weight is 628 g/mol. The zero-order valence-electron chi connectivity index (χ0n) is 24.9. The molecular formula is C33H31ClFN7O3. The highest BCUT2D eigenvalue weighted by Crippen LogP contribution is 2.35. The number of aromatic nitrogens is 3. The Hall–Kier alpha value is -5.16. The number of carbonyl (C=O) groups is 1. The van der Waals surface area contributed by atoms with Gasteiger partial charge in [-0.2, -0.15) is 0 Å². The second-order valence-corrected chi connectivity index (χ2v) is 10.9. The van der Waals surface area contributed by atoms with Crippen molar-refractivity contribution in [3.05, 3.63) is 94.7 Å². The number of nitrogens with zero attached hydrogens (tertiary/aromatic N) is 4. The van der Waals surface area contributed by atoms with Crippen LogP contribution in [-0.4, -0.2) is 41.7 Å². The van der Waals surface area contributed by atoms with E-state index in [0.29, 0.717) is 52.8 Å². The van der Waals surface area contributed by atoms with Crippen LogP contribution in [0.1, 0.15) is 23.1 Å². The van der Waals surface area contributed by atoms with Crippen molar-refractivity contribution in [2.75, 3.05) is 41.6 Å². The Morgan fingerprint density at radius 2 is 1.87 bits per heavy atom. The van der Waals surface area contributed by atoms with Crippen LogP contribution in [0.25, 0.3) is 10.8 Å². The summed E-state index contributed by atoms with van der Waals surface area (Å²) in [6.07, 6.45) is 4.54. The Labute approximate surface area is 264 Å². The number of carbonyl (C=O) groups excluding carboxylic acids is 1. The molecule has 3 aromatic carbocycles. The van der Waals surface area contributed by atoms with Gasteiger partial charge in [0.1, 0.15) is 41.1 Å². The highest BCUT2D eigenvalue weighted by atomic mass is 35.5. The van der Waals surface area contributed by atoms with Crippen molar-refractivity contribution < 1.29 is 18.7 Å². The normalized spacial score (nSPS) is 12.4. The predicted octanol–water partition coefficient (Wildman–Crippen LogP) is 7.48. The zero-order valence-corrected chi connectivity index (χ0v) is 25.7. The lowest BCUT2D eigenvalue weighted by Gasteiger charge is -2.29. The number of rotatable bonds is 8. The minimum atomic E-state index is -0.496. The standard InChI is InChI=1S/C33H31ClFN7O3/c1-19-6-10-24-23(12-13-36-31(24)40-27-11-8-21(34)15-26(27)35)29(19)41-33(43)42-14-4-5-25-30(38-18-39-32(25)42)37-17-20-7-9-22(44-2)16-28(20)45-3/h6-13,15-16,18H,4-5,14,17H2,1-3H3,(H,36,40)(H,41,43)(H,37,38,39). The maximum absolute atomic E-state index is 14.5. The van der Waals surface area contributed by atoms with Crippen molar-refractivity contribution in [1.29, 1.82) is 0 Å². The number of aryl methyl sites for hydroxylation is 1. The molecule has 0 saturated heterocycles. The first-order chi connectivity index (χ1) is 21.9. The molecule has 12 heteroatoms. The van der Waals surface area contributed by atoms with E-state index >= 15 is 0 Å². The molecule has 0 bridgehead atoms. The number of ether oxygens (including phenoxy) is 2. The molecule has 3 N–H and O–H groups in total. The van der Waals surface area contributed by atoms with E-state index in [2.05, 4.69) is 30.9 Å². The highest BCUT2D eigenvalue weighted by molar-refractivity contribution is 6.30. The summed E-state index contributed by atoms with van der Waals surface area (Å²) in [6.45, 7) is 2.88. The van der Waals surface area contributed by atoms with E-state index < -0.39 is 5.82 Å². The number of benzene rings is 3. The lowest BCUT2D eigenvalue weighted by molar-refractivity contribution is 0.256. The third kappa shape index (κ3) is 6.12. The van der Waals surface area contributed by atoms with Gasteiger partial charge in [0.25, 0.3) is 0 Å². The van der Waals surface area contributed by atoms with Crippen molar-refractivity contribution in [3.8, 4) is 11.5 Å². The minimum absolute atomic E-state index is 0.241. The summed E-state index contributed by atoms with van der Waals surface area (Å²) in [5.41, 5.74) is 3.53. The number of nitrogens with one attached hydrogen (secondary N) is 3. The van der Waals surface area contributed by atoms with Crippen LogP contribution >= 0.6 is 11.6 Å². The summed E-state index contributed by atoms with van der Waals surface area (Å²) in [4.78, 5) is 28.9. The fourth-order valence-corrected chi connectivity index (χ4v) is 5.59. The number of hydrogen-bond acceptors (Lipinski definition) is 8. The Balaban J connectivity index is 1.25. The Morgan fingerprint density at radius 1 is 1.00 bits per heavy atom. The number of urea groups is 1. The van der Waals surface area contributed by atoms with Crippen molar-refractivity contribution >= 4 is 57.2 Å². The fraction of sp³-hybridized carbons (Fsp3) is 0.212. The van der Waals surface area contributed by atoms with E-state index in [4.69, 9.17) is 21.1 Å². The van der Waals surface area contributed by atoms with Crippen molar-refractivity contribution in [2.45, 2.75) is 26.3 Å². The predicted molar refractivity (Wildman–Crippen MR) is 175 cm³/mol. The zero-order chi connectivity index (χ0) is 31.5. The molecule has 10 nitrogen and oxygen atoms in total. The monoisotopic (exact) mass is 627 g/mol. The molecule has 0 radical (unpaired) electrons. The third-order valence-corrected chi connectivity index (χ3v) is 7.98. The molecule has 6 rings (SSSR count). The Morgan fingerprint density at radius 3 is 2.67 bits per heavy atom. The molecule has 0 atom stereocenters. The number of methoxy groups -OCH3 is 2. The summed E-state index contributed by atoms with van der Waals surface area (Å²) in [6, 6.07) is 15.3. The second kappa shape index (κ2) is 12.8. The molecule has 1 aliphatic heterocycles. The largest absolute Gasteiger partial charge is 0.497 e. The van der Waals surface area contributed by atoms with E-state index in [9.17, 15) is 9.18 Å². The number of hydrogen-bond donors (Lipinski definition) is 3. The van der Waals surface area contributed by atoms with Crippen molar-refractivity contribution in [1.82, 2.24) is 15.0 Å². The first-order valence-electron chi connectivity index (χ1n) is 14.3. The van der Waals surface area contributed by atoms with Crippen LogP contribution in [0.2, 0.25) is 5.02 Å².